The topological polar surface area (TPSA) is 59.0 Å². The van der Waals surface area contributed by atoms with Gasteiger partial charge in [-0.25, -0.2) is 4.39 Å². The lowest BCUT2D eigenvalue weighted by atomic mass is 10.1. The molecule has 4 heteroatoms. The van der Waals surface area contributed by atoms with Crippen molar-refractivity contribution in [2.24, 2.45) is 5.73 Å². The second-order valence-corrected chi connectivity index (χ2v) is 4.41. The summed E-state index contributed by atoms with van der Waals surface area (Å²) < 4.78 is 19.0. The molecule has 0 heterocycles. The van der Waals surface area contributed by atoms with Gasteiger partial charge in [-0.1, -0.05) is 6.07 Å². The number of halogens is 1. The number of benzene rings is 1. The van der Waals surface area contributed by atoms with Crippen molar-refractivity contribution < 1.29 is 9.13 Å². The molecule has 0 aliphatic rings. The van der Waals surface area contributed by atoms with Gasteiger partial charge >= 0.3 is 0 Å². The standard InChI is InChI=1S/C14H19FN2O/c1-11(17)9-12-5-6-14(13(15)10-12)18-8-4-2-3-7-16/h5-6,10-11H,2-4,8-9,17H2,1H3. The van der Waals surface area contributed by atoms with E-state index in [2.05, 4.69) is 6.07 Å². The van der Waals surface area contributed by atoms with E-state index in [-0.39, 0.29) is 17.6 Å². The zero-order valence-corrected chi connectivity index (χ0v) is 10.7. The Morgan fingerprint density at radius 1 is 1.44 bits per heavy atom. The van der Waals surface area contributed by atoms with Crippen LogP contribution in [0.4, 0.5) is 4.39 Å². The minimum absolute atomic E-state index is 0.0159. The maximum atomic E-state index is 13.7. The molecule has 0 aromatic heterocycles. The summed E-state index contributed by atoms with van der Waals surface area (Å²) in [7, 11) is 0. The highest BCUT2D eigenvalue weighted by molar-refractivity contribution is 5.29. The van der Waals surface area contributed by atoms with Gasteiger partial charge in [-0.2, -0.15) is 5.26 Å². The number of hydrogen-bond acceptors (Lipinski definition) is 3. The van der Waals surface area contributed by atoms with Crippen molar-refractivity contribution in [3.05, 3.63) is 29.6 Å². The van der Waals surface area contributed by atoms with Crippen molar-refractivity contribution >= 4 is 0 Å². The molecule has 1 rings (SSSR count). The van der Waals surface area contributed by atoms with Crippen LogP contribution in [0.15, 0.2) is 18.2 Å². The fourth-order valence-corrected chi connectivity index (χ4v) is 1.65. The Morgan fingerprint density at radius 2 is 2.22 bits per heavy atom. The summed E-state index contributed by atoms with van der Waals surface area (Å²) in [5.41, 5.74) is 6.53. The van der Waals surface area contributed by atoms with Gasteiger partial charge in [0.05, 0.1) is 12.7 Å². The summed E-state index contributed by atoms with van der Waals surface area (Å²) in [6.07, 6.45) is 2.70. The van der Waals surface area contributed by atoms with Crippen LogP contribution in [0.1, 0.15) is 31.7 Å². The molecular weight excluding hydrogens is 231 g/mol. The first kappa shape index (κ1) is 14.5. The highest BCUT2D eigenvalue weighted by Crippen LogP contribution is 2.19. The fourth-order valence-electron chi connectivity index (χ4n) is 1.65. The van der Waals surface area contributed by atoms with Crippen LogP contribution in [0, 0.1) is 17.1 Å². The lowest BCUT2D eigenvalue weighted by Gasteiger charge is -2.09. The number of unbranched alkanes of at least 4 members (excludes halogenated alkanes) is 2. The smallest absolute Gasteiger partial charge is 0.165 e. The monoisotopic (exact) mass is 250 g/mol. The molecule has 0 fully saturated rings. The maximum Gasteiger partial charge on any atom is 0.165 e. The number of nitrogens with zero attached hydrogens (tertiary/aromatic N) is 1. The Morgan fingerprint density at radius 3 is 2.83 bits per heavy atom. The number of ether oxygens (including phenoxy) is 1. The van der Waals surface area contributed by atoms with Gasteiger partial charge in [0, 0.05) is 12.5 Å². The van der Waals surface area contributed by atoms with Crippen molar-refractivity contribution in [3.8, 4) is 11.8 Å². The lowest BCUT2D eigenvalue weighted by Crippen LogP contribution is -2.17. The lowest BCUT2D eigenvalue weighted by molar-refractivity contribution is 0.292. The summed E-state index contributed by atoms with van der Waals surface area (Å²) in [6.45, 7) is 2.32. The Labute approximate surface area is 107 Å². The molecule has 98 valence electrons. The molecule has 0 saturated carbocycles. The van der Waals surface area contributed by atoms with E-state index in [0.29, 0.717) is 19.4 Å². The van der Waals surface area contributed by atoms with E-state index in [4.69, 9.17) is 15.7 Å². The Balaban J connectivity index is 2.45. The van der Waals surface area contributed by atoms with Crippen LogP contribution in [-0.2, 0) is 6.42 Å². The Kier molecular flexibility index (Phi) is 6.16. The van der Waals surface area contributed by atoms with Gasteiger partial charge in [0.1, 0.15) is 0 Å². The minimum Gasteiger partial charge on any atom is -0.491 e. The van der Waals surface area contributed by atoms with Gasteiger partial charge in [0.15, 0.2) is 11.6 Å². The fraction of sp³-hybridized carbons (Fsp3) is 0.500. The van der Waals surface area contributed by atoms with Gasteiger partial charge < -0.3 is 10.5 Å². The third kappa shape index (κ3) is 5.15. The van der Waals surface area contributed by atoms with Crippen molar-refractivity contribution in [2.45, 2.75) is 38.6 Å². The van der Waals surface area contributed by atoms with E-state index in [9.17, 15) is 4.39 Å². The first-order valence-electron chi connectivity index (χ1n) is 6.17. The average Bonchev–Trinajstić information content (AvgIpc) is 2.30. The largest absolute Gasteiger partial charge is 0.491 e. The minimum atomic E-state index is -0.353. The normalized spacial score (nSPS) is 11.9. The van der Waals surface area contributed by atoms with Gasteiger partial charge in [-0.3, -0.25) is 0 Å². The molecule has 1 unspecified atom stereocenters. The third-order valence-corrected chi connectivity index (χ3v) is 2.49. The molecule has 1 aromatic rings. The molecule has 0 spiro atoms. The molecule has 1 aromatic carbocycles. The Hall–Kier alpha value is -1.60. The van der Waals surface area contributed by atoms with Crippen LogP contribution in [0.25, 0.3) is 0 Å². The van der Waals surface area contributed by atoms with Gasteiger partial charge in [-0.05, 0) is 43.9 Å². The van der Waals surface area contributed by atoms with E-state index < -0.39 is 0 Å². The van der Waals surface area contributed by atoms with Crippen LogP contribution in [-0.4, -0.2) is 12.6 Å². The second-order valence-electron chi connectivity index (χ2n) is 4.41. The molecule has 0 aliphatic carbocycles. The summed E-state index contributed by atoms with van der Waals surface area (Å²) in [6, 6.07) is 7.01. The quantitative estimate of drug-likeness (QED) is 0.757. The van der Waals surface area contributed by atoms with E-state index in [1.165, 1.54) is 6.07 Å². The predicted octanol–water partition coefficient (Wildman–Crippen LogP) is 2.79. The second kappa shape index (κ2) is 7.67. The van der Waals surface area contributed by atoms with E-state index in [1.54, 1.807) is 6.07 Å². The molecule has 0 bridgehead atoms. The van der Waals surface area contributed by atoms with Crippen molar-refractivity contribution in [1.82, 2.24) is 0 Å². The van der Waals surface area contributed by atoms with E-state index in [0.717, 1.165) is 18.4 Å². The maximum absolute atomic E-state index is 13.7. The summed E-state index contributed by atoms with van der Waals surface area (Å²) >= 11 is 0. The van der Waals surface area contributed by atoms with Crippen molar-refractivity contribution in [2.75, 3.05) is 6.61 Å². The number of rotatable bonds is 7. The van der Waals surface area contributed by atoms with Gasteiger partial charge in [0.25, 0.3) is 0 Å². The average molecular weight is 250 g/mol. The SMILES string of the molecule is CC(N)Cc1ccc(OCCCCC#N)c(F)c1. The molecule has 0 aliphatic heterocycles. The molecule has 0 amide bonds. The van der Waals surface area contributed by atoms with Crippen molar-refractivity contribution in [1.29, 1.82) is 5.26 Å². The molecular formula is C14H19FN2O. The zero-order valence-electron chi connectivity index (χ0n) is 10.7. The number of nitriles is 1. The van der Waals surface area contributed by atoms with Crippen LogP contribution >= 0.6 is 0 Å². The third-order valence-electron chi connectivity index (χ3n) is 2.49. The highest BCUT2D eigenvalue weighted by Gasteiger charge is 2.06. The van der Waals surface area contributed by atoms with Gasteiger partial charge in [-0.15, -0.1) is 0 Å². The Bertz CT molecular complexity index is 413. The zero-order chi connectivity index (χ0) is 13.4. The highest BCUT2D eigenvalue weighted by atomic mass is 19.1. The van der Waals surface area contributed by atoms with Gasteiger partial charge in [0.2, 0.25) is 0 Å². The molecule has 18 heavy (non-hydrogen) atoms. The van der Waals surface area contributed by atoms with Crippen LogP contribution in [0.5, 0.6) is 5.75 Å². The first-order chi connectivity index (χ1) is 8.63. The molecule has 1 atom stereocenters. The van der Waals surface area contributed by atoms with Crippen LogP contribution in [0.2, 0.25) is 0 Å². The summed E-state index contributed by atoms with van der Waals surface area (Å²) in [5.74, 6) is -0.0891. The molecule has 3 nitrogen and oxygen atoms in total. The summed E-state index contributed by atoms with van der Waals surface area (Å²) in [4.78, 5) is 0. The van der Waals surface area contributed by atoms with Crippen LogP contribution < -0.4 is 10.5 Å². The molecule has 0 saturated heterocycles. The van der Waals surface area contributed by atoms with E-state index >= 15 is 0 Å². The van der Waals surface area contributed by atoms with E-state index in [1.807, 2.05) is 13.0 Å². The predicted molar refractivity (Wildman–Crippen MR) is 68.7 cm³/mol. The summed E-state index contributed by atoms with van der Waals surface area (Å²) in [5, 5.41) is 8.37. The first-order valence-corrected chi connectivity index (χ1v) is 6.17. The molecule has 2 N–H and O–H groups in total. The van der Waals surface area contributed by atoms with Crippen molar-refractivity contribution in [3.63, 3.8) is 0 Å². The van der Waals surface area contributed by atoms with Crippen LogP contribution in [0.3, 0.4) is 0 Å². The molecule has 0 radical (unpaired) electrons. The number of nitrogens with two attached hydrogens (primary N) is 1. The number of hydrogen-bond donors (Lipinski definition) is 1.